The number of amidine groups is 1. The molecule has 0 atom stereocenters. The van der Waals surface area contributed by atoms with E-state index in [4.69, 9.17) is 15.9 Å². The second-order valence-electron chi connectivity index (χ2n) is 2.73. The highest BCUT2D eigenvalue weighted by molar-refractivity contribution is 5.91. The normalized spacial score (nSPS) is 11.3. The third-order valence-corrected chi connectivity index (χ3v) is 1.56. The number of phenols is 1. The van der Waals surface area contributed by atoms with E-state index >= 15 is 0 Å². The summed E-state index contributed by atoms with van der Waals surface area (Å²) in [5.74, 6) is 0.186. The van der Waals surface area contributed by atoms with E-state index < -0.39 is 6.09 Å². The Morgan fingerprint density at radius 1 is 1.36 bits per heavy atom. The van der Waals surface area contributed by atoms with Crippen LogP contribution < -0.4 is 5.73 Å². The highest BCUT2D eigenvalue weighted by Crippen LogP contribution is 2.09. The number of nitrogens with zero attached hydrogens (tertiary/aromatic N) is 1. The van der Waals surface area contributed by atoms with Gasteiger partial charge in [0.2, 0.25) is 0 Å². The molecule has 4 N–H and O–H groups in total. The van der Waals surface area contributed by atoms with E-state index in [0.29, 0.717) is 0 Å². The predicted octanol–water partition coefficient (Wildman–Crippen LogP) is 0.970. The molecular weight excluding hydrogens is 184 g/mol. The van der Waals surface area contributed by atoms with Crippen molar-refractivity contribution >= 4 is 11.9 Å². The average molecular weight is 194 g/mol. The molecule has 74 valence electrons. The minimum atomic E-state index is -1.30. The molecule has 0 unspecified atom stereocenters. The Kier molecular flexibility index (Phi) is 3.06. The number of phenolic OH excluding ortho intramolecular Hbond substituents is 1. The van der Waals surface area contributed by atoms with Gasteiger partial charge in [-0.3, -0.25) is 0 Å². The van der Waals surface area contributed by atoms with Crippen LogP contribution in [-0.4, -0.2) is 22.1 Å². The highest BCUT2D eigenvalue weighted by atomic mass is 16.4. The first-order chi connectivity index (χ1) is 6.58. The summed E-state index contributed by atoms with van der Waals surface area (Å²) in [7, 11) is 0. The fourth-order valence-electron chi connectivity index (χ4n) is 0.985. The van der Waals surface area contributed by atoms with E-state index in [1.54, 1.807) is 12.1 Å². The quantitative estimate of drug-likeness (QED) is 0.482. The molecule has 0 bridgehead atoms. The van der Waals surface area contributed by atoms with Crippen molar-refractivity contribution in [2.75, 3.05) is 0 Å². The Bertz CT molecular complexity index is 357. The van der Waals surface area contributed by atoms with Crippen LogP contribution in [0.5, 0.6) is 5.75 Å². The minimum Gasteiger partial charge on any atom is -0.508 e. The first kappa shape index (κ1) is 10.0. The Labute approximate surface area is 80.5 Å². The second kappa shape index (κ2) is 4.27. The van der Waals surface area contributed by atoms with Crippen LogP contribution in [0.2, 0.25) is 0 Å². The van der Waals surface area contributed by atoms with Crippen LogP contribution in [0.3, 0.4) is 0 Å². The molecule has 5 nitrogen and oxygen atoms in total. The summed E-state index contributed by atoms with van der Waals surface area (Å²) in [4.78, 5) is 13.3. The van der Waals surface area contributed by atoms with Crippen molar-refractivity contribution in [2.45, 2.75) is 6.42 Å². The van der Waals surface area contributed by atoms with Gasteiger partial charge in [-0.1, -0.05) is 12.1 Å². The molecule has 0 aliphatic rings. The Morgan fingerprint density at radius 2 is 1.93 bits per heavy atom. The number of aliphatic imine (C=N–C) groups is 1. The molecule has 0 aromatic heterocycles. The molecule has 14 heavy (non-hydrogen) atoms. The molecule has 1 rings (SSSR count). The maximum atomic E-state index is 10.1. The molecule has 0 aliphatic carbocycles. The lowest BCUT2D eigenvalue weighted by atomic mass is 10.1. The number of amides is 1. The summed E-state index contributed by atoms with van der Waals surface area (Å²) in [6, 6.07) is 6.31. The Morgan fingerprint density at radius 3 is 2.43 bits per heavy atom. The second-order valence-corrected chi connectivity index (χ2v) is 2.73. The number of aromatic hydroxyl groups is 1. The molecule has 1 amide bonds. The maximum absolute atomic E-state index is 10.1. The molecule has 0 heterocycles. The lowest BCUT2D eigenvalue weighted by molar-refractivity contribution is 0.205. The molecule has 5 heteroatoms. The van der Waals surface area contributed by atoms with Crippen LogP contribution in [0.1, 0.15) is 5.56 Å². The van der Waals surface area contributed by atoms with Crippen LogP contribution in [-0.2, 0) is 6.42 Å². The average Bonchev–Trinajstić information content (AvgIpc) is 2.07. The van der Waals surface area contributed by atoms with Crippen LogP contribution in [0, 0.1) is 0 Å². The third-order valence-electron chi connectivity index (χ3n) is 1.56. The van der Waals surface area contributed by atoms with E-state index in [9.17, 15) is 4.79 Å². The highest BCUT2D eigenvalue weighted by Gasteiger charge is 1.99. The van der Waals surface area contributed by atoms with Gasteiger partial charge in [-0.2, -0.15) is 4.99 Å². The summed E-state index contributed by atoms with van der Waals surface area (Å²) in [5, 5.41) is 17.3. The number of carbonyl (C=O) groups is 1. The molecule has 0 radical (unpaired) electrons. The molecule has 0 spiro atoms. The van der Waals surface area contributed by atoms with Crippen molar-refractivity contribution in [2.24, 2.45) is 10.7 Å². The van der Waals surface area contributed by atoms with Gasteiger partial charge in [0, 0.05) is 6.42 Å². The van der Waals surface area contributed by atoms with E-state index in [-0.39, 0.29) is 18.0 Å². The summed E-state index contributed by atoms with van der Waals surface area (Å²) in [6.45, 7) is 0. The molecule has 0 saturated heterocycles. The van der Waals surface area contributed by atoms with Crippen molar-refractivity contribution in [1.82, 2.24) is 0 Å². The predicted molar refractivity (Wildman–Crippen MR) is 51.5 cm³/mol. The lowest BCUT2D eigenvalue weighted by Crippen LogP contribution is -2.16. The summed E-state index contributed by atoms with van der Waals surface area (Å²) >= 11 is 0. The van der Waals surface area contributed by atoms with Crippen molar-refractivity contribution < 1.29 is 15.0 Å². The first-order valence-corrected chi connectivity index (χ1v) is 3.92. The van der Waals surface area contributed by atoms with Gasteiger partial charge in [-0.25, -0.2) is 4.79 Å². The number of benzene rings is 1. The first-order valence-electron chi connectivity index (χ1n) is 3.92. The Hall–Kier alpha value is -2.04. The van der Waals surface area contributed by atoms with Crippen LogP contribution >= 0.6 is 0 Å². The number of carboxylic acid groups (broad SMARTS) is 1. The zero-order valence-electron chi connectivity index (χ0n) is 7.34. The summed E-state index contributed by atoms with van der Waals surface area (Å²) in [6.07, 6.45) is -1.05. The van der Waals surface area contributed by atoms with Crippen molar-refractivity contribution in [3.05, 3.63) is 29.8 Å². The standard InChI is InChI=1S/C9H10N2O3/c10-8(11-9(13)14)5-6-1-3-7(12)4-2-6/h1-4,12H,5H2,(H2,10,11)(H,13,14). The van der Waals surface area contributed by atoms with Gasteiger partial charge in [0.1, 0.15) is 11.6 Å². The largest absolute Gasteiger partial charge is 0.508 e. The van der Waals surface area contributed by atoms with Gasteiger partial charge in [-0.05, 0) is 17.7 Å². The molecule has 0 saturated carbocycles. The molecule has 0 aliphatic heterocycles. The van der Waals surface area contributed by atoms with Crippen molar-refractivity contribution in [1.29, 1.82) is 0 Å². The molecule has 1 aromatic rings. The smallest absolute Gasteiger partial charge is 0.432 e. The number of hydrogen-bond donors (Lipinski definition) is 3. The zero-order valence-corrected chi connectivity index (χ0v) is 7.34. The molecular formula is C9H10N2O3. The summed E-state index contributed by atoms with van der Waals surface area (Å²) in [5.41, 5.74) is 6.15. The van der Waals surface area contributed by atoms with Gasteiger partial charge in [0.05, 0.1) is 0 Å². The lowest BCUT2D eigenvalue weighted by Gasteiger charge is -1.99. The van der Waals surface area contributed by atoms with Crippen molar-refractivity contribution in [3.63, 3.8) is 0 Å². The maximum Gasteiger partial charge on any atom is 0.432 e. The van der Waals surface area contributed by atoms with Gasteiger partial charge >= 0.3 is 6.09 Å². The van der Waals surface area contributed by atoms with Crippen LogP contribution in [0.15, 0.2) is 29.3 Å². The molecule has 1 aromatic carbocycles. The third kappa shape index (κ3) is 3.14. The zero-order chi connectivity index (χ0) is 10.6. The van der Waals surface area contributed by atoms with E-state index in [2.05, 4.69) is 4.99 Å². The monoisotopic (exact) mass is 194 g/mol. The number of rotatable bonds is 2. The topological polar surface area (TPSA) is 95.9 Å². The van der Waals surface area contributed by atoms with Crippen LogP contribution in [0.25, 0.3) is 0 Å². The van der Waals surface area contributed by atoms with Crippen LogP contribution in [0.4, 0.5) is 4.79 Å². The van der Waals surface area contributed by atoms with Gasteiger partial charge in [-0.15, -0.1) is 0 Å². The fourth-order valence-corrected chi connectivity index (χ4v) is 0.985. The van der Waals surface area contributed by atoms with Gasteiger partial charge in [0.15, 0.2) is 0 Å². The molecule has 0 fully saturated rings. The van der Waals surface area contributed by atoms with E-state index in [1.165, 1.54) is 12.1 Å². The van der Waals surface area contributed by atoms with Crippen molar-refractivity contribution in [3.8, 4) is 5.75 Å². The van der Waals surface area contributed by atoms with E-state index in [0.717, 1.165) is 5.56 Å². The summed E-state index contributed by atoms with van der Waals surface area (Å²) < 4.78 is 0. The number of nitrogens with two attached hydrogens (primary N) is 1. The minimum absolute atomic E-state index is 0.0307. The Balaban J connectivity index is 2.69. The van der Waals surface area contributed by atoms with Gasteiger partial charge in [0.25, 0.3) is 0 Å². The number of hydrogen-bond acceptors (Lipinski definition) is 2. The van der Waals surface area contributed by atoms with Gasteiger partial charge < -0.3 is 15.9 Å². The van der Waals surface area contributed by atoms with E-state index in [1.807, 2.05) is 0 Å². The fraction of sp³-hybridized carbons (Fsp3) is 0.111. The SMILES string of the molecule is NC(Cc1ccc(O)cc1)=NC(=O)O.